The maximum absolute atomic E-state index is 13.7. The number of hydrogen-bond donors (Lipinski definition) is 2. The Morgan fingerprint density at radius 2 is 2.00 bits per heavy atom. The molecule has 1 aromatic rings. The second-order valence-electron chi connectivity index (χ2n) is 4.36. The lowest BCUT2D eigenvalue weighted by Crippen LogP contribution is -2.32. The molecule has 1 fully saturated rings. The van der Waals surface area contributed by atoms with Gasteiger partial charge in [0.2, 0.25) is 0 Å². The van der Waals surface area contributed by atoms with Crippen LogP contribution in [0.2, 0.25) is 0 Å². The average molecular weight is 209 g/mol. The molecule has 2 nitrogen and oxygen atoms in total. The monoisotopic (exact) mass is 209 g/mol. The van der Waals surface area contributed by atoms with Crippen LogP contribution in [0.1, 0.15) is 31.2 Å². The minimum Gasteiger partial charge on any atom is -0.508 e. The van der Waals surface area contributed by atoms with Gasteiger partial charge < -0.3 is 10.8 Å². The molecule has 3 N–H and O–H groups in total. The highest BCUT2D eigenvalue weighted by Gasteiger charge is 2.36. The number of phenolic OH excluding ortho intramolecular Hbond substituents is 1. The first kappa shape index (κ1) is 10.4. The van der Waals surface area contributed by atoms with Crippen LogP contribution >= 0.6 is 0 Å². The quantitative estimate of drug-likeness (QED) is 0.785. The molecular formula is C12H16FNO. The van der Waals surface area contributed by atoms with Crippen molar-refractivity contribution in [2.75, 3.05) is 6.54 Å². The second-order valence-corrected chi connectivity index (χ2v) is 4.36. The maximum atomic E-state index is 13.7. The molecule has 0 saturated heterocycles. The highest BCUT2D eigenvalue weighted by atomic mass is 19.1. The fraction of sp³-hybridized carbons (Fsp3) is 0.500. The molecule has 0 bridgehead atoms. The zero-order valence-electron chi connectivity index (χ0n) is 8.67. The number of rotatable bonds is 2. The minimum atomic E-state index is -0.250. The van der Waals surface area contributed by atoms with E-state index in [1.807, 2.05) is 0 Å². The van der Waals surface area contributed by atoms with Gasteiger partial charge in [0.15, 0.2) is 0 Å². The van der Waals surface area contributed by atoms with Crippen LogP contribution in [0, 0.1) is 5.82 Å². The lowest BCUT2D eigenvalue weighted by Gasteiger charge is -2.28. The van der Waals surface area contributed by atoms with E-state index >= 15 is 0 Å². The van der Waals surface area contributed by atoms with Crippen molar-refractivity contribution in [3.05, 3.63) is 29.6 Å². The molecule has 3 heteroatoms. The van der Waals surface area contributed by atoms with Gasteiger partial charge in [0, 0.05) is 12.0 Å². The first-order chi connectivity index (χ1) is 7.18. The average Bonchev–Trinajstić information content (AvgIpc) is 2.71. The first-order valence-corrected chi connectivity index (χ1v) is 5.37. The standard InChI is InChI=1S/C12H16FNO/c13-11-4-3-9(15)7-10(11)12(8-14)5-1-2-6-12/h3-4,7,15H,1-2,5-6,8,14H2. The molecule has 1 aliphatic rings. The van der Waals surface area contributed by atoms with Gasteiger partial charge in [-0.15, -0.1) is 0 Å². The lowest BCUT2D eigenvalue weighted by molar-refractivity contribution is 0.417. The molecule has 2 rings (SSSR count). The number of aromatic hydroxyl groups is 1. The molecule has 82 valence electrons. The summed E-state index contributed by atoms with van der Waals surface area (Å²) in [5.74, 6) is -0.133. The smallest absolute Gasteiger partial charge is 0.127 e. The summed E-state index contributed by atoms with van der Waals surface area (Å²) in [6, 6.07) is 4.21. The van der Waals surface area contributed by atoms with E-state index < -0.39 is 0 Å². The normalized spacial score (nSPS) is 19.3. The van der Waals surface area contributed by atoms with E-state index in [1.165, 1.54) is 18.2 Å². The van der Waals surface area contributed by atoms with Crippen molar-refractivity contribution in [1.29, 1.82) is 0 Å². The Morgan fingerprint density at radius 1 is 1.33 bits per heavy atom. The topological polar surface area (TPSA) is 46.2 Å². The summed E-state index contributed by atoms with van der Waals surface area (Å²) < 4.78 is 13.7. The summed E-state index contributed by atoms with van der Waals surface area (Å²) in [6.45, 7) is 0.452. The summed E-state index contributed by atoms with van der Waals surface area (Å²) in [5, 5.41) is 9.40. The number of halogens is 1. The van der Waals surface area contributed by atoms with Gasteiger partial charge in [-0.2, -0.15) is 0 Å². The summed E-state index contributed by atoms with van der Waals surface area (Å²) in [5.41, 5.74) is 6.11. The molecule has 0 aliphatic heterocycles. The molecular weight excluding hydrogens is 193 g/mol. The van der Waals surface area contributed by atoms with Gasteiger partial charge in [0.05, 0.1) is 0 Å². The van der Waals surface area contributed by atoms with Crippen LogP contribution < -0.4 is 5.73 Å². The molecule has 1 aliphatic carbocycles. The zero-order valence-corrected chi connectivity index (χ0v) is 8.67. The van der Waals surface area contributed by atoms with E-state index in [-0.39, 0.29) is 17.0 Å². The molecule has 0 aromatic heterocycles. The summed E-state index contributed by atoms with van der Waals surface area (Å²) in [4.78, 5) is 0. The highest BCUT2D eigenvalue weighted by molar-refractivity contribution is 5.35. The highest BCUT2D eigenvalue weighted by Crippen LogP contribution is 2.42. The summed E-state index contributed by atoms with van der Waals surface area (Å²) in [7, 11) is 0. The van der Waals surface area contributed by atoms with E-state index in [0.29, 0.717) is 12.1 Å². The van der Waals surface area contributed by atoms with Crippen molar-refractivity contribution in [3.8, 4) is 5.75 Å². The predicted octanol–water partition coefficient (Wildman–Crippen LogP) is 2.30. The number of benzene rings is 1. The fourth-order valence-electron chi connectivity index (χ4n) is 2.55. The van der Waals surface area contributed by atoms with Crippen molar-refractivity contribution in [2.45, 2.75) is 31.1 Å². The van der Waals surface area contributed by atoms with Crippen LogP contribution in [-0.2, 0) is 5.41 Å². The lowest BCUT2D eigenvalue weighted by atomic mass is 9.78. The predicted molar refractivity (Wildman–Crippen MR) is 57.3 cm³/mol. The van der Waals surface area contributed by atoms with Crippen LogP contribution in [0.25, 0.3) is 0 Å². The summed E-state index contributed by atoms with van der Waals surface area (Å²) >= 11 is 0. The minimum absolute atomic E-state index is 0.117. The number of hydrogen-bond acceptors (Lipinski definition) is 2. The molecule has 0 unspecified atom stereocenters. The van der Waals surface area contributed by atoms with Crippen molar-refractivity contribution < 1.29 is 9.50 Å². The third-order valence-corrected chi connectivity index (χ3v) is 3.47. The molecule has 0 spiro atoms. The molecule has 1 saturated carbocycles. The molecule has 0 amide bonds. The van der Waals surface area contributed by atoms with Crippen molar-refractivity contribution in [3.63, 3.8) is 0 Å². The Balaban J connectivity index is 2.46. The van der Waals surface area contributed by atoms with Crippen molar-refractivity contribution in [2.24, 2.45) is 5.73 Å². The zero-order chi connectivity index (χ0) is 10.9. The van der Waals surface area contributed by atoms with Crippen LogP contribution in [0.5, 0.6) is 5.75 Å². The van der Waals surface area contributed by atoms with E-state index in [9.17, 15) is 9.50 Å². The second kappa shape index (κ2) is 3.81. The summed E-state index contributed by atoms with van der Waals surface area (Å²) in [6.07, 6.45) is 4.02. The molecule has 15 heavy (non-hydrogen) atoms. The van der Waals surface area contributed by atoms with E-state index in [0.717, 1.165) is 25.7 Å². The largest absolute Gasteiger partial charge is 0.508 e. The van der Waals surface area contributed by atoms with Gasteiger partial charge >= 0.3 is 0 Å². The van der Waals surface area contributed by atoms with Gasteiger partial charge in [-0.1, -0.05) is 12.8 Å². The van der Waals surface area contributed by atoms with Crippen LogP contribution in [0.15, 0.2) is 18.2 Å². The molecule has 1 aromatic carbocycles. The van der Waals surface area contributed by atoms with Crippen LogP contribution in [-0.4, -0.2) is 11.7 Å². The maximum Gasteiger partial charge on any atom is 0.127 e. The Hall–Kier alpha value is -1.09. The van der Waals surface area contributed by atoms with Crippen LogP contribution in [0.4, 0.5) is 4.39 Å². The van der Waals surface area contributed by atoms with Gasteiger partial charge in [0.25, 0.3) is 0 Å². The van der Waals surface area contributed by atoms with E-state index in [2.05, 4.69) is 0 Å². The van der Waals surface area contributed by atoms with E-state index in [4.69, 9.17) is 5.73 Å². The molecule has 0 heterocycles. The Morgan fingerprint density at radius 3 is 2.60 bits per heavy atom. The van der Waals surface area contributed by atoms with Crippen molar-refractivity contribution >= 4 is 0 Å². The third kappa shape index (κ3) is 1.72. The van der Waals surface area contributed by atoms with E-state index in [1.54, 1.807) is 0 Å². The first-order valence-electron chi connectivity index (χ1n) is 5.37. The van der Waals surface area contributed by atoms with Crippen LogP contribution in [0.3, 0.4) is 0 Å². The van der Waals surface area contributed by atoms with Gasteiger partial charge in [-0.3, -0.25) is 0 Å². The molecule has 0 radical (unpaired) electrons. The Labute approximate surface area is 88.9 Å². The van der Waals surface area contributed by atoms with Gasteiger partial charge in [-0.05, 0) is 36.6 Å². The number of nitrogens with two attached hydrogens (primary N) is 1. The van der Waals surface area contributed by atoms with Crippen molar-refractivity contribution in [1.82, 2.24) is 0 Å². The fourth-order valence-corrected chi connectivity index (χ4v) is 2.55. The van der Waals surface area contributed by atoms with Gasteiger partial charge in [0.1, 0.15) is 11.6 Å². The van der Waals surface area contributed by atoms with Gasteiger partial charge in [-0.25, -0.2) is 4.39 Å². The SMILES string of the molecule is NCC1(c2cc(O)ccc2F)CCCC1. The Bertz CT molecular complexity index is 359. The number of phenols is 1. The Kier molecular flexibility index (Phi) is 2.65. The third-order valence-electron chi connectivity index (χ3n) is 3.47. The molecule has 0 atom stereocenters.